The van der Waals surface area contributed by atoms with Crippen LogP contribution in [0, 0.1) is 5.82 Å². The lowest BCUT2D eigenvalue weighted by molar-refractivity contribution is 0.291. The van der Waals surface area contributed by atoms with Gasteiger partial charge >= 0.3 is 0 Å². The smallest absolute Gasteiger partial charge is 0.243 e. The van der Waals surface area contributed by atoms with E-state index in [9.17, 15) is 12.8 Å². The Hall–Kier alpha value is -0.980. The van der Waals surface area contributed by atoms with Crippen molar-refractivity contribution in [2.75, 3.05) is 13.6 Å². The van der Waals surface area contributed by atoms with Gasteiger partial charge in [-0.3, -0.25) is 0 Å². The third kappa shape index (κ3) is 2.73. The third-order valence-electron chi connectivity index (χ3n) is 3.79. The molecule has 0 saturated carbocycles. The number of sulfonamides is 1. The van der Waals surface area contributed by atoms with E-state index in [0.717, 1.165) is 18.9 Å². The third-order valence-corrected chi connectivity index (χ3v) is 5.98. The molecule has 1 aliphatic heterocycles. The number of rotatable bonds is 4. The van der Waals surface area contributed by atoms with Crippen LogP contribution in [0.25, 0.3) is 0 Å². The van der Waals surface area contributed by atoms with Gasteiger partial charge in [0.05, 0.1) is 4.90 Å². The van der Waals surface area contributed by atoms with E-state index in [1.807, 2.05) is 13.8 Å². The Morgan fingerprint density at radius 1 is 1.40 bits per heavy atom. The molecule has 0 amide bonds. The van der Waals surface area contributed by atoms with Crippen molar-refractivity contribution in [3.8, 4) is 0 Å². The number of nitrogens with zero attached hydrogens (tertiary/aromatic N) is 1. The van der Waals surface area contributed by atoms with Crippen molar-refractivity contribution in [1.82, 2.24) is 9.62 Å². The standard InChI is InChI=1S/C14H21FN2O2S/c1-14(2)7-4-8-17(14)20(18,19)13-9-12(15)6-5-11(13)10-16-3/h5-6,9,16H,4,7-8,10H2,1-3H3. The zero-order chi connectivity index (χ0) is 15.0. The van der Waals surface area contributed by atoms with Gasteiger partial charge in [0, 0.05) is 18.6 Å². The molecule has 0 spiro atoms. The second kappa shape index (κ2) is 5.42. The second-order valence-corrected chi connectivity index (χ2v) is 7.61. The summed E-state index contributed by atoms with van der Waals surface area (Å²) >= 11 is 0. The zero-order valence-electron chi connectivity index (χ0n) is 12.1. The number of nitrogens with one attached hydrogen (secondary N) is 1. The molecule has 0 radical (unpaired) electrons. The van der Waals surface area contributed by atoms with E-state index in [1.54, 1.807) is 7.05 Å². The molecule has 2 rings (SSSR count). The zero-order valence-corrected chi connectivity index (χ0v) is 12.9. The van der Waals surface area contributed by atoms with Crippen LogP contribution in [0.2, 0.25) is 0 Å². The van der Waals surface area contributed by atoms with Gasteiger partial charge in [-0.2, -0.15) is 4.31 Å². The lowest BCUT2D eigenvalue weighted by atomic mass is 10.0. The Balaban J connectivity index is 2.51. The van der Waals surface area contributed by atoms with Crippen LogP contribution < -0.4 is 5.32 Å². The quantitative estimate of drug-likeness (QED) is 0.926. The van der Waals surface area contributed by atoms with Crippen LogP contribution >= 0.6 is 0 Å². The molecule has 1 fully saturated rings. The lowest BCUT2D eigenvalue weighted by Gasteiger charge is -2.31. The summed E-state index contributed by atoms with van der Waals surface area (Å²) in [6.45, 7) is 4.71. The minimum absolute atomic E-state index is 0.0711. The van der Waals surface area contributed by atoms with Crippen LogP contribution in [0.5, 0.6) is 0 Å². The molecule has 1 aliphatic rings. The van der Waals surface area contributed by atoms with Crippen molar-refractivity contribution in [3.63, 3.8) is 0 Å². The van der Waals surface area contributed by atoms with Crippen molar-refractivity contribution in [2.24, 2.45) is 0 Å². The molecule has 1 saturated heterocycles. The summed E-state index contributed by atoms with van der Waals surface area (Å²) in [4.78, 5) is 0.0711. The van der Waals surface area contributed by atoms with Gasteiger partial charge in [0.15, 0.2) is 0 Å². The number of benzene rings is 1. The summed E-state index contributed by atoms with van der Waals surface area (Å²) in [5.74, 6) is -0.527. The Labute approximate surface area is 120 Å². The fraction of sp³-hybridized carbons (Fsp3) is 0.571. The maximum atomic E-state index is 13.5. The lowest BCUT2D eigenvalue weighted by Crippen LogP contribution is -2.42. The monoisotopic (exact) mass is 300 g/mol. The minimum Gasteiger partial charge on any atom is -0.316 e. The average Bonchev–Trinajstić information content (AvgIpc) is 2.72. The van der Waals surface area contributed by atoms with Gasteiger partial charge < -0.3 is 5.32 Å². The first-order valence-corrected chi connectivity index (χ1v) is 8.19. The molecule has 0 aromatic heterocycles. The number of halogens is 1. The van der Waals surface area contributed by atoms with Gasteiger partial charge in [0.1, 0.15) is 5.82 Å². The van der Waals surface area contributed by atoms with Crippen molar-refractivity contribution < 1.29 is 12.8 Å². The predicted octanol–water partition coefficient (Wildman–Crippen LogP) is 2.11. The molecule has 0 bridgehead atoms. The highest BCUT2D eigenvalue weighted by molar-refractivity contribution is 7.89. The molecule has 1 aromatic rings. The predicted molar refractivity (Wildman–Crippen MR) is 76.4 cm³/mol. The maximum absolute atomic E-state index is 13.5. The molecule has 1 N–H and O–H groups in total. The molecule has 0 unspecified atom stereocenters. The molecule has 112 valence electrons. The van der Waals surface area contributed by atoms with Crippen LogP contribution in [0.1, 0.15) is 32.3 Å². The molecular formula is C14H21FN2O2S. The highest BCUT2D eigenvalue weighted by Gasteiger charge is 2.41. The summed E-state index contributed by atoms with van der Waals surface area (Å²) in [6, 6.07) is 3.94. The van der Waals surface area contributed by atoms with E-state index >= 15 is 0 Å². The van der Waals surface area contributed by atoms with Crippen LogP contribution in [0.15, 0.2) is 23.1 Å². The first-order chi connectivity index (χ1) is 9.29. The van der Waals surface area contributed by atoms with Crippen molar-refractivity contribution in [1.29, 1.82) is 0 Å². The van der Waals surface area contributed by atoms with Crippen LogP contribution in [0.3, 0.4) is 0 Å². The second-order valence-electron chi connectivity index (χ2n) is 5.78. The average molecular weight is 300 g/mol. The number of hydrogen-bond donors (Lipinski definition) is 1. The van der Waals surface area contributed by atoms with Gasteiger partial charge in [0.2, 0.25) is 10.0 Å². The van der Waals surface area contributed by atoms with E-state index in [0.29, 0.717) is 18.7 Å². The summed E-state index contributed by atoms with van der Waals surface area (Å²) in [5.41, 5.74) is 0.179. The van der Waals surface area contributed by atoms with Gasteiger partial charge in [0.25, 0.3) is 0 Å². The maximum Gasteiger partial charge on any atom is 0.243 e. The normalized spacial score (nSPS) is 19.4. The van der Waals surface area contributed by atoms with Crippen LogP contribution in [-0.4, -0.2) is 31.9 Å². The van der Waals surface area contributed by atoms with Crippen LogP contribution in [-0.2, 0) is 16.6 Å². The molecule has 1 heterocycles. The first-order valence-electron chi connectivity index (χ1n) is 6.75. The number of hydrogen-bond acceptors (Lipinski definition) is 3. The largest absolute Gasteiger partial charge is 0.316 e. The fourth-order valence-electron chi connectivity index (χ4n) is 2.75. The Bertz CT molecular complexity index is 599. The van der Waals surface area contributed by atoms with Crippen molar-refractivity contribution in [3.05, 3.63) is 29.6 Å². The fourth-order valence-corrected chi connectivity index (χ4v) is 4.83. The Morgan fingerprint density at radius 3 is 2.65 bits per heavy atom. The summed E-state index contributed by atoms with van der Waals surface area (Å²) in [5, 5.41) is 2.92. The van der Waals surface area contributed by atoms with E-state index in [-0.39, 0.29) is 4.90 Å². The Kier molecular flexibility index (Phi) is 4.18. The highest BCUT2D eigenvalue weighted by Crippen LogP contribution is 2.35. The highest BCUT2D eigenvalue weighted by atomic mass is 32.2. The van der Waals surface area contributed by atoms with Gasteiger partial charge in [-0.15, -0.1) is 0 Å². The summed E-state index contributed by atoms with van der Waals surface area (Å²) in [7, 11) is -1.93. The topological polar surface area (TPSA) is 49.4 Å². The van der Waals surface area contributed by atoms with E-state index in [2.05, 4.69) is 5.32 Å². The van der Waals surface area contributed by atoms with Gasteiger partial charge in [-0.1, -0.05) is 6.07 Å². The first kappa shape index (κ1) is 15.4. The SMILES string of the molecule is CNCc1ccc(F)cc1S(=O)(=O)N1CCCC1(C)C. The molecular weight excluding hydrogens is 279 g/mol. The molecule has 0 atom stereocenters. The van der Waals surface area contributed by atoms with Crippen molar-refractivity contribution in [2.45, 2.75) is 43.7 Å². The summed E-state index contributed by atoms with van der Waals surface area (Å²) in [6.07, 6.45) is 1.66. The molecule has 1 aromatic carbocycles. The minimum atomic E-state index is -3.67. The van der Waals surface area contributed by atoms with Gasteiger partial charge in [-0.25, -0.2) is 12.8 Å². The molecule has 6 heteroatoms. The molecule has 0 aliphatic carbocycles. The summed E-state index contributed by atoms with van der Waals surface area (Å²) < 4.78 is 40.6. The van der Waals surface area contributed by atoms with Gasteiger partial charge in [-0.05, 0) is 51.4 Å². The molecule has 4 nitrogen and oxygen atoms in total. The van der Waals surface area contributed by atoms with E-state index < -0.39 is 21.4 Å². The van der Waals surface area contributed by atoms with E-state index in [1.165, 1.54) is 16.4 Å². The Morgan fingerprint density at radius 2 is 2.10 bits per heavy atom. The van der Waals surface area contributed by atoms with E-state index in [4.69, 9.17) is 0 Å². The van der Waals surface area contributed by atoms with Crippen molar-refractivity contribution >= 4 is 10.0 Å². The van der Waals surface area contributed by atoms with Crippen LogP contribution in [0.4, 0.5) is 4.39 Å². The molecule has 20 heavy (non-hydrogen) atoms.